The minimum absolute atomic E-state index is 0.0406. The Bertz CT molecular complexity index is 524. The molecule has 2 aliphatic rings. The first kappa shape index (κ1) is 14.6. The zero-order chi connectivity index (χ0) is 14.9. The Balaban J connectivity index is 1.66. The summed E-state index contributed by atoms with van der Waals surface area (Å²) in [5, 5.41) is 3.42. The molecule has 0 radical (unpaired) electrons. The highest BCUT2D eigenvalue weighted by Crippen LogP contribution is 2.30. The van der Waals surface area contributed by atoms with Gasteiger partial charge in [-0.3, -0.25) is 4.79 Å². The van der Waals surface area contributed by atoms with Crippen molar-refractivity contribution in [3.05, 3.63) is 35.4 Å². The Morgan fingerprint density at radius 1 is 1.19 bits per heavy atom. The van der Waals surface area contributed by atoms with Crippen LogP contribution < -0.4 is 5.32 Å². The van der Waals surface area contributed by atoms with Crippen molar-refractivity contribution in [2.24, 2.45) is 5.41 Å². The molecule has 1 atom stereocenters. The molecule has 2 heterocycles. The van der Waals surface area contributed by atoms with E-state index in [2.05, 4.69) is 48.3 Å². The van der Waals surface area contributed by atoms with Gasteiger partial charge in [0.25, 0.3) is 0 Å². The van der Waals surface area contributed by atoms with Crippen molar-refractivity contribution in [1.29, 1.82) is 0 Å². The third-order valence-corrected chi connectivity index (χ3v) is 5.03. The van der Waals surface area contributed by atoms with E-state index in [9.17, 15) is 4.79 Å². The molecule has 1 N–H and O–H groups in total. The van der Waals surface area contributed by atoms with E-state index in [0.717, 1.165) is 38.9 Å². The van der Waals surface area contributed by atoms with Crippen LogP contribution in [0.2, 0.25) is 0 Å². The van der Waals surface area contributed by atoms with E-state index in [1.54, 1.807) is 0 Å². The first-order valence-corrected chi connectivity index (χ1v) is 8.14. The molecule has 0 bridgehead atoms. The molecule has 0 aromatic heterocycles. The molecule has 3 heteroatoms. The van der Waals surface area contributed by atoms with Crippen molar-refractivity contribution in [2.45, 2.75) is 52.1 Å². The number of likely N-dealkylation sites (tertiary alicyclic amines) is 1. The fourth-order valence-corrected chi connectivity index (χ4v) is 3.49. The topological polar surface area (TPSA) is 32.3 Å². The highest BCUT2D eigenvalue weighted by molar-refractivity contribution is 5.82. The van der Waals surface area contributed by atoms with Crippen molar-refractivity contribution >= 4 is 5.91 Å². The second-order valence-electron chi connectivity index (χ2n) is 7.25. The quantitative estimate of drug-likeness (QED) is 0.861. The van der Waals surface area contributed by atoms with Crippen LogP contribution >= 0.6 is 0 Å². The highest BCUT2D eigenvalue weighted by atomic mass is 16.2. The molecule has 3 rings (SSSR count). The zero-order valence-corrected chi connectivity index (χ0v) is 13.2. The molecular weight excluding hydrogens is 260 g/mol. The summed E-state index contributed by atoms with van der Waals surface area (Å²) in [6, 6.07) is 8.40. The van der Waals surface area contributed by atoms with Crippen molar-refractivity contribution in [1.82, 2.24) is 10.2 Å². The van der Waals surface area contributed by atoms with Crippen LogP contribution in [0.1, 0.15) is 44.2 Å². The van der Waals surface area contributed by atoms with Gasteiger partial charge in [-0.25, -0.2) is 0 Å². The summed E-state index contributed by atoms with van der Waals surface area (Å²) >= 11 is 0. The van der Waals surface area contributed by atoms with Crippen molar-refractivity contribution in [2.75, 3.05) is 13.1 Å². The van der Waals surface area contributed by atoms with Crippen LogP contribution in [0.15, 0.2) is 24.3 Å². The van der Waals surface area contributed by atoms with Crippen molar-refractivity contribution in [3.8, 4) is 0 Å². The lowest BCUT2D eigenvalue weighted by Gasteiger charge is -2.31. The number of nitrogens with zero attached hydrogens (tertiary/aromatic N) is 1. The number of carbonyl (C=O) groups is 1. The first-order chi connectivity index (χ1) is 10.1. The second kappa shape index (κ2) is 5.80. The summed E-state index contributed by atoms with van der Waals surface area (Å²) in [5.74, 6) is 0.294. The number of benzene rings is 1. The minimum Gasteiger partial charge on any atom is -0.341 e. The number of fused-ring (bicyclic) bond motifs is 1. The normalized spacial score (nSPS) is 25.0. The number of amides is 1. The van der Waals surface area contributed by atoms with E-state index < -0.39 is 0 Å². The predicted molar refractivity (Wildman–Crippen MR) is 85.0 cm³/mol. The summed E-state index contributed by atoms with van der Waals surface area (Å²) in [4.78, 5) is 14.9. The van der Waals surface area contributed by atoms with Gasteiger partial charge in [0.05, 0.1) is 6.04 Å². The van der Waals surface area contributed by atoms with Crippen LogP contribution in [-0.4, -0.2) is 29.9 Å². The molecule has 1 aromatic carbocycles. The second-order valence-corrected chi connectivity index (χ2v) is 7.25. The van der Waals surface area contributed by atoms with Gasteiger partial charge in [-0.05, 0) is 42.2 Å². The highest BCUT2D eigenvalue weighted by Gasteiger charge is 2.31. The summed E-state index contributed by atoms with van der Waals surface area (Å²) in [5.41, 5.74) is 3.03. The Labute approximate surface area is 127 Å². The molecule has 2 aliphatic heterocycles. The Morgan fingerprint density at radius 3 is 2.76 bits per heavy atom. The maximum atomic E-state index is 12.8. The summed E-state index contributed by atoms with van der Waals surface area (Å²) in [6.07, 6.45) is 4.29. The lowest BCUT2D eigenvalue weighted by molar-refractivity contribution is -0.133. The van der Waals surface area contributed by atoms with E-state index in [4.69, 9.17) is 0 Å². The van der Waals surface area contributed by atoms with Crippen LogP contribution in [0.5, 0.6) is 0 Å². The van der Waals surface area contributed by atoms with Gasteiger partial charge in [0, 0.05) is 19.6 Å². The van der Waals surface area contributed by atoms with Gasteiger partial charge in [-0.1, -0.05) is 38.1 Å². The number of hydrogen-bond acceptors (Lipinski definition) is 2. The van der Waals surface area contributed by atoms with Gasteiger partial charge in [-0.15, -0.1) is 0 Å². The van der Waals surface area contributed by atoms with Crippen molar-refractivity contribution in [3.63, 3.8) is 0 Å². The van der Waals surface area contributed by atoms with Gasteiger partial charge in [0.15, 0.2) is 0 Å². The van der Waals surface area contributed by atoms with E-state index in [1.807, 2.05) is 0 Å². The maximum Gasteiger partial charge on any atom is 0.240 e. The standard InChI is InChI=1S/C18H26N2O/c1-18(2)8-5-10-20(11-9-18)17(21)16-12-14-6-3-4-7-15(14)13-19-16/h3-4,6-7,16,19H,5,8-13H2,1-2H3/t16-/m0/s1. The van der Waals surface area contributed by atoms with Gasteiger partial charge in [0.1, 0.15) is 0 Å². The van der Waals surface area contributed by atoms with E-state index in [1.165, 1.54) is 17.5 Å². The lowest BCUT2D eigenvalue weighted by Crippen LogP contribution is -2.49. The molecule has 0 spiro atoms. The van der Waals surface area contributed by atoms with Crippen LogP contribution in [-0.2, 0) is 17.8 Å². The predicted octanol–water partition coefficient (Wildman–Crippen LogP) is 2.74. The SMILES string of the molecule is CC1(C)CCCN(C(=O)[C@@H]2Cc3ccccc3CN2)CC1. The largest absolute Gasteiger partial charge is 0.341 e. The number of hydrogen-bond donors (Lipinski definition) is 1. The lowest BCUT2D eigenvalue weighted by atomic mass is 9.85. The number of rotatable bonds is 1. The van der Waals surface area contributed by atoms with Crippen LogP contribution in [0.25, 0.3) is 0 Å². The molecule has 114 valence electrons. The smallest absolute Gasteiger partial charge is 0.240 e. The zero-order valence-electron chi connectivity index (χ0n) is 13.2. The fraction of sp³-hybridized carbons (Fsp3) is 0.611. The van der Waals surface area contributed by atoms with Crippen molar-refractivity contribution < 1.29 is 4.79 Å². The molecule has 0 saturated carbocycles. The molecule has 21 heavy (non-hydrogen) atoms. The summed E-state index contributed by atoms with van der Waals surface area (Å²) in [6.45, 7) is 7.27. The van der Waals surface area contributed by atoms with Gasteiger partial charge in [-0.2, -0.15) is 0 Å². The maximum absolute atomic E-state index is 12.8. The fourth-order valence-electron chi connectivity index (χ4n) is 3.49. The monoisotopic (exact) mass is 286 g/mol. The van der Waals surface area contributed by atoms with Crippen LogP contribution in [0.4, 0.5) is 0 Å². The van der Waals surface area contributed by atoms with E-state index >= 15 is 0 Å². The van der Waals surface area contributed by atoms with Gasteiger partial charge >= 0.3 is 0 Å². The van der Waals surface area contributed by atoms with Crippen LogP contribution in [0, 0.1) is 5.41 Å². The minimum atomic E-state index is -0.0406. The third-order valence-electron chi connectivity index (χ3n) is 5.03. The number of carbonyl (C=O) groups excluding carboxylic acids is 1. The first-order valence-electron chi connectivity index (χ1n) is 8.14. The van der Waals surface area contributed by atoms with E-state index in [0.29, 0.717) is 11.3 Å². The average molecular weight is 286 g/mol. The molecular formula is C18H26N2O. The molecule has 1 fully saturated rings. The Kier molecular flexibility index (Phi) is 4.03. The average Bonchev–Trinajstić information content (AvgIpc) is 2.67. The van der Waals surface area contributed by atoms with Crippen LogP contribution in [0.3, 0.4) is 0 Å². The Hall–Kier alpha value is -1.35. The van der Waals surface area contributed by atoms with Gasteiger partial charge in [0.2, 0.25) is 5.91 Å². The Morgan fingerprint density at radius 2 is 1.95 bits per heavy atom. The molecule has 0 aliphatic carbocycles. The molecule has 3 nitrogen and oxygen atoms in total. The molecule has 1 amide bonds. The molecule has 1 aromatic rings. The third kappa shape index (κ3) is 3.29. The summed E-state index contributed by atoms with van der Waals surface area (Å²) < 4.78 is 0. The summed E-state index contributed by atoms with van der Waals surface area (Å²) in [7, 11) is 0. The van der Waals surface area contributed by atoms with Gasteiger partial charge < -0.3 is 10.2 Å². The molecule has 0 unspecified atom stereocenters. The van der Waals surface area contributed by atoms with E-state index in [-0.39, 0.29) is 6.04 Å². The number of nitrogens with one attached hydrogen (secondary N) is 1. The molecule has 1 saturated heterocycles.